The van der Waals surface area contributed by atoms with Crippen molar-refractivity contribution in [3.8, 4) is 23.0 Å². The number of hydrogen-bond donors (Lipinski definition) is 1. The Hall–Kier alpha value is -4.33. The number of nitro groups is 1. The zero-order valence-electron chi connectivity index (χ0n) is 15.8. The second kappa shape index (κ2) is 9.24. The van der Waals surface area contributed by atoms with E-state index in [1.807, 2.05) is 0 Å². The first-order valence-electron chi connectivity index (χ1n) is 8.74. The minimum Gasteiger partial charge on any atom is -0.503 e. The number of carboxylic acid groups (broad SMARTS) is 1. The minimum atomic E-state index is -1.15. The summed E-state index contributed by atoms with van der Waals surface area (Å²) in [7, 11) is 1.37. The van der Waals surface area contributed by atoms with Crippen LogP contribution in [0, 0.1) is 10.1 Å². The molecule has 0 heterocycles. The molecule has 0 unspecified atom stereocenters. The lowest BCUT2D eigenvalue weighted by Gasteiger charge is -2.13. The molecule has 3 aromatic carbocycles. The standard InChI is InChI=1S/C22H17NO7/c1-28-14-20(22(24)25)19-7-2-3-8-21(19)30-18-6-4-5-17(13-18)29-16-11-9-15(10-12-16)23(26)27/h2-14H,1H3,(H,24,25). The summed E-state index contributed by atoms with van der Waals surface area (Å²) in [6, 6.07) is 19.1. The van der Waals surface area contributed by atoms with Crippen molar-refractivity contribution in [2.75, 3.05) is 7.11 Å². The quantitative estimate of drug-likeness (QED) is 0.235. The van der Waals surface area contributed by atoms with Gasteiger partial charge >= 0.3 is 5.97 Å². The third-order valence-corrected chi connectivity index (χ3v) is 3.96. The van der Waals surface area contributed by atoms with Crippen molar-refractivity contribution in [3.63, 3.8) is 0 Å². The van der Waals surface area contributed by atoms with Crippen LogP contribution in [0.1, 0.15) is 5.56 Å². The van der Waals surface area contributed by atoms with E-state index in [1.54, 1.807) is 48.5 Å². The van der Waals surface area contributed by atoms with Crippen LogP contribution in [0.3, 0.4) is 0 Å². The molecule has 0 atom stereocenters. The number of carboxylic acids is 1. The van der Waals surface area contributed by atoms with Crippen LogP contribution in [0.4, 0.5) is 5.69 Å². The fourth-order valence-corrected chi connectivity index (χ4v) is 2.63. The first-order chi connectivity index (χ1) is 14.5. The fraction of sp³-hybridized carbons (Fsp3) is 0.0455. The molecule has 0 radical (unpaired) electrons. The normalized spacial score (nSPS) is 10.9. The Bertz CT molecular complexity index is 1090. The molecule has 30 heavy (non-hydrogen) atoms. The first kappa shape index (κ1) is 20.4. The zero-order valence-corrected chi connectivity index (χ0v) is 15.8. The maximum atomic E-state index is 11.6. The lowest BCUT2D eigenvalue weighted by molar-refractivity contribution is -0.384. The van der Waals surface area contributed by atoms with Crippen molar-refractivity contribution in [1.82, 2.24) is 0 Å². The number of aliphatic carboxylic acids is 1. The number of nitrogens with zero attached hydrogens (tertiary/aromatic N) is 1. The van der Waals surface area contributed by atoms with E-state index in [0.717, 1.165) is 6.26 Å². The number of benzene rings is 3. The molecule has 0 aliphatic carbocycles. The zero-order chi connectivity index (χ0) is 21.5. The topological polar surface area (TPSA) is 108 Å². The third-order valence-electron chi connectivity index (χ3n) is 3.96. The van der Waals surface area contributed by atoms with Crippen LogP contribution < -0.4 is 9.47 Å². The average Bonchev–Trinajstić information content (AvgIpc) is 2.73. The molecular weight excluding hydrogens is 390 g/mol. The summed E-state index contributed by atoms with van der Waals surface area (Å²) in [6.45, 7) is 0. The highest BCUT2D eigenvalue weighted by atomic mass is 16.6. The van der Waals surface area contributed by atoms with Crippen LogP contribution in [-0.4, -0.2) is 23.1 Å². The van der Waals surface area contributed by atoms with E-state index in [4.69, 9.17) is 14.2 Å². The molecule has 1 N–H and O–H groups in total. The Morgan fingerprint density at radius 1 is 0.933 bits per heavy atom. The van der Waals surface area contributed by atoms with Crippen LogP contribution in [0.25, 0.3) is 5.57 Å². The number of carbonyl (C=O) groups is 1. The molecule has 0 amide bonds. The second-order valence-electron chi connectivity index (χ2n) is 6.00. The maximum absolute atomic E-state index is 11.6. The summed E-state index contributed by atoms with van der Waals surface area (Å²) in [5.74, 6) is 0.474. The molecule has 8 heteroatoms. The van der Waals surface area contributed by atoms with Crippen molar-refractivity contribution >= 4 is 17.2 Å². The highest BCUT2D eigenvalue weighted by Crippen LogP contribution is 2.33. The van der Waals surface area contributed by atoms with Crippen molar-refractivity contribution in [2.24, 2.45) is 0 Å². The van der Waals surface area contributed by atoms with Gasteiger partial charge in [-0.2, -0.15) is 0 Å². The summed E-state index contributed by atoms with van der Waals surface area (Å²) in [5.41, 5.74) is 0.273. The van der Waals surface area contributed by atoms with Crippen molar-refractivity contribution in [3.05, 3.63) is 94.7 Å². The number of nitro benzene ring substituents is 1. The van der Waals surface area contributed by atoms with Crippen LogP contribution in [0.2, 0.25) is 0 Å². The summed E-state index contributed by atoms with van der Waals surface area (Å²) < 4.78 is 16.5. The van der Waals surface area contributed by atoms with Crippen molar-refractivity contribution < 1.29 is 29.0 Å². The molecule has 0 saturated carbocycles. The third kappa shape index (κ3) is 4.93. The van der Waals surface area contributed by atoms with Gasteiger partial charge in [-0.05, 0) is 30.3 Å². The Morgan fingerprint density at radius 2 is 1.60 bits per heavy atom. The van der Waals surface area contributed by atoms with E-state index >= 15 is 0 Å². The number of methoxy groups -OCH3 is 1. The lowest BCUT2D eigenvalue weighted by Crippen LogP contribution is -2.02. The van der Waals surface area contributed by atoms with Gasteiger partial charge in [0, 0.05) is 23.8 Å². The first-order valence-corrected chi connectivity index (χ1v) is 8.74. The minimum absolute atomic E-state index is 0.0330. The molecule has 3 aromatic rings. The van der Waals surface area contributed by atoms with E-state index in [1.165, 1.54) is 31.4 Å². The lowest BCUT2D eigenvalue weighted by atomic mass is 10.1. The number of rotatable bonds is 8. The highest BCUT2D eigenvalue weighted by molar-refractivity contribution is 6.15. The summed E-state index contributed by atoms with van der Waals surface area (Å²) >= 11 is 0. The van der Waals surface area contributed by atoms with E-state index in [9.17, 15) is 20.0 Å². The summed E-state index contributed by atoms with van der Waals surface area (Å²) in [6.07, 6.45) is 1.14. The van der Waals surface area contributed by atoms with Gasteiger partial charge in [0.25, 0.3) is 5.69 Å². The number of para-hydroxylation sites is 1. The van der Waals surface area contributed by atoms with Gasteiger partial charge in [0.2, 0.25) is 0 Å². The number of hydrogen-bond acceptors (Lipinski definition) is 6. The Kier molecular flexibility index (Phi) is 6.29. The Labute approximate surface area is 171 Å². The molecule has 0 aromatic heterocycles. The predicted molar refractivity (Wildman–Crippen MR) is 109 cm³/mol. The maximum Gasteiger partial charge on any atom is 0.339 e. The fourth-order valence-electron chi connectivity index (χ4n) is 2.63. The van der Waals surface area contributed by atoms with Gasteiger partial charge in [-0.25, -0.2) is 4.79 Å². The molecule has 152 valence electrons. The van der Waals surface area contributed by atoms with Gasteiger partial charge in [-0.15, -0.1) is 0 Å². The number of ether oxygens (including phenoxy) is 3. The molecule has 0 bridgehead atoms. The Morgan fingerprint density at radius 3 is 2.23 bits per heavy atom. The largest absolute Gasteiger partial charge is 0.503 e. The van der Waals surface area contributed by atoms with Gasteiger partial charge in [0.05, 0.1) is 18.3 Å². The summed E-state index contributed by atoms with van der Waals surface area (Å²) in [5, 5.41) is 20.2. The molecule has 0 aliphatic heterocycles. The van der Waals surface area contributed by atoms with Gasteiger partial charge in [-0.3, -0.25) is 10.1 Å². The van der Waals surface area contributed by atoms with E-state index in [-0.39, 0.29) is 11.3 Å². The van der Waals surface area contributed by atoms with Gasteiger partial charge < -0.3 is 19.3 Å². The molecule has 8 nitrogen and oxygen atoms in total. The van der Waals surface area contributed by atoms with Crippen LogP contribution >= 0.6 is 0 Å². The van der Waals surface area contributed by atoms with Crippen molar-refractivity contribution in [1.29, 1.82) is 0 Å². The molecular formula is C22H17NO7. The van der Waals surface area contributed by atoms with Crippen LogP contribution in [0.5, 0.6) is 23.0 Å². The van der Waals surface area contributed by atoms with E-state index in [0.29, 0.717) is 28.6 Å². The SMILES string of the molecule is COC=C(C(=O)O)c1ccccc1Oc1cccc(Oc2ccc([N+](=O)[O-])cc2)c1. The average molecular weight is 407 g/mol. The van der Waals surface area contributed by atoms with Gasteiger partial charge in [0.1, 0.15) is 28.6 Å². The highest BCUT2D eigenvalue weighted by Gasteiger charge is 2.16. The van der Waals surface area contributed by atoms with Gasteiger partial charge in [-0.1, -0.05) is 24.3 Å². The van der Waals surface area contributed by atoms with Gasteiger partial charge in [0.15, 0.2) is 0 Å². The smallest absolute Gasteiger partial charge is 0.339 e. The summed E-state index contributed by atoms with van der Waals surface area (Å²) in [4.78, 5) is 21.8. The molecule has 0 fully saturated rings. The molecule has 0 spiro atoms. The van der Waals surface area contributed by atoms with Crippen molar-refractivity contribution in [2.45, 2.75) is 0 Å². The monoisotopic (exact) mass is 407 g/mol. The molecule has 0 aliphatic rings. The second-order valence-corrected chi connectivity index (χ2v) is 6.00. The van der Waals surface area contributed by atoms with E-state index in [2.05, 4.69) is 0 Å². The predicted octanol–water partition coefficient (Wildman–Crippen LogP) is 5.25. The Balaban J connectivity index is 1.83. The van der Waals surface area contributed by atoms with E-state index < -0.39 is 10.9 Å². The number of non-ortho nitro benzene ring substituents is 1. The van der Waals surface area contributed by atoms with Crippen LogP contribution in [0.15, 0.2) is 79.1 Å². The van der Waals surface area contributed by atoms with Crippen LogP contribution in [-0.2, 0) is 9.53 Å². The molecule has 3 rings (SSSR count). The molecule has 0 saturated heterocycles.